The summed E-state index contributed by atoms with van der Waals surface area (Å²) in [7, 11) is 1.52. The highest BCUT2D eigenvalue weighted by atomic mass is 16.6. The number of benzene rings is 1. The lowest BCUT2D eigenvalue weighted by molar-refractivity contribution is 0.0836. The van der Waals surface area contributed by atoms with Crippen molar-refractivity contribution in [3.63, 3.8) is 0 Å². The van der Waals surface area contributed by atoms with E-state index in [4.69, 9.17) is 14.2 Å². The van der Waals surface area contributed by atoms with E-state index in [0.717, 1.165) is 35.5 Å². The van der Waals surface area contributed by atoms with Crippen LogP contribution in [0.1, 0.15) is 37.8 Å². The molecule has 0 fully saturated rings. The molecule has 1 atom stereocenters. The molecule has 140 valence electrons. The van der Waals surface area contributed by atoms with Crippen molar-refractivity contribution in [2.24, 2.45) is 5.16 Å². The molecule has 0 aliphatic rings. The van der Waals surface area contributed by atoms with Gasteiger partial charge in [0.2, 0.25) is 0 Å². The monoisotopic (exact) mass is 349 g/mol. The van der Waals surface area contributed by atoms with E-state index in [1.807, 2.05) is 52.0 Å². The van der Waals surface area contributed by atoms with Gasteiger partial charge >= 0.3 is 0 Å². The van der Waals surface area contributed by atoms with Crippen LogP contribution >= 0.6 is 0 Å². The van der Waals surface area contributed by atoms with Crippen LogP contribution in [-0.2, 0) is 9.57 Å². The van der Waals surface area contributed by atoms with Crippen molar-refractivity contribution in [2.45, 2.75) is 46.6 Å². The SMILES string of the molecule is C/C=C/COc1cc(C)c(OCCCC(C)OC/C=N/OC)c(C)c1. The molecule has 1 unspecified atom stereocenters. The van der Waals surface area contributed by atoms with Crippen LogP contribution in [0.2, 0.25) is 0 Å². The van der Waals surface area contributed by atoms with Gasteiger partial charge in [0.05, 0.1) is 25.5 Å². The van der Waals surface area contributed by atoms with Gasteiger partial charge in [-0.1, -0.05) is 17.3 Å². The first-order valence-electron chi connectivity index (χ1n) is 8.73. The van der Waals surface area contributed by atoms with Crippen LogP contribution in [-0.4, -0.2) is 39.2 Å². The summed E-state index contributed by atoms with van der Waals surface area (Å²) in [5, 5.41) is 3.64. The normalized spacial score (nSPS) is 12.7. The number of oxime groups is 1. The third kappa shape index (κ3) is 8.59. The maximum atomic E-state index is 5.97. The summed E-state index contributed by atoms with van der Waals surface area (Å²) in [5.41, 5.74) is 2.19. The summed E-state index contributed by atoms with van der Waals surface area (Å²) in [4.78, 5) is 4.59. The fourth-order valence-corrected chi connectivity index (χ4v) is 2.40. The lowest BCUT2D eigenvalue weighted by atomic mass is 10.1. The van der Waals surface area contributed by atoms with Gasteiger partial charge in [0, 0.05) is 0 Å². The Labute approximate surface area is 151 Å². The number of ether oxygens (including phenoxy) is 3. The maximum absolute atomic E-state index is 5.97. The third-order valence-electron chi connectivity index (χ3n) is 3.65. The van der Waals surface area contributed by atoms with Gasteiger partial charge < -0.3 is 19.0 Å². The van der Waals surface area contributed by atoms with Crippen LogP contribution in [0.15, 0.2) is 29.4 Å². The third-order valence-corrected chi connectivity index (χ3v) is 3.65. The Kier molecular flexibility index (Phi) is 10.4. The van der Waals surface area contributed by atoms with Crippen LogP contribution < -0.4 is 9.47 Å². The topological polar surface area (TPSA) is 49.3 Å². The second-order valence-electron chi connectivity index (χ2n) is 5.87. The predicted octanol–water partition coefficient (Wildman–Crippen LogP) is 4.45. The Bertz CT molecular complexity index is 532. The predicted molar refractivity (Wildman–Crippen MR) is 102 cm³/mol. The molecule has 25 heavy (non-hydrogen) atoms. The molecule has 1 rings (SSSR count). The molecule has 5 heteroatoms. The first-order valence-corrected chi connectivity index (χ1v) is 8.73. The van der Waals surface area contributed by atoms with Crippen LogP contribution in [0.3, 0.4) is 0 Å². The first-order chi connectivity index (χ1) is 12.1. The van der Waals surface area contributed by atoms with E-state index in [0.29, 0.717) is 19.8 Å². The van der Waals surface area contributed by atoms with E-state index < -0.39 is 0 Å². The fourth-order valence-electron chi connectivity index (χ4n) is 2.40. The minimum Gasteiger partial charge on any atom is -0.493 e. The molecule has 0 saturated heterocycles. The lowest BCUT2D eigenvalue weighted by Crippen LogP contribution is -2.12. The summed E-state index contributed by atoms with van der Waals surface area (Å²) in [6.07, 6.45) is 7.60. The van der Waals surface area contributed by atoms with Gasteiger partial charge in [0.25, 0.3) is 0 Å². The van der Waals surface area contributed by atoms with Crippen LogP contribution in [0.5, 0.6) is 11.5 Å². The molecule has 0 saturated carbocycles. The van der Waals surface area contributed by atoms with Crippen LogP contribution in [0.4, 0.5) is 0 Å². The molecule has 0 aromatic heterocycles. The molecule has 0 heterocycles. The quantitative estimate of drug-likeness (QED) is 0.242. The second kappa shape index (κ2) is 12.4. The number of hydrogen-bond acceptors (Lipinski definition) is 5. The highest BCUT2D eigenvalue weighted by Crippen LogP contribution is 2.28. The van der Waals surface area contributed by atoms with Gasteiger partial charge in [0.15, 0.2) is 0 Å². The summed E-state index contributed by atoms with van der Waals surface area (Å²) in [5.74, 6) is 1.82. The molecule has 0 bridgehead atoms. The highest BCUT2D eigenvalue weighted by Gasteiger charge is 2.08. The molecule has 0 spiro atoms. The van der Waals surface area contributed by atoms with Crippen molar-refractivity contribution < 1.29 is 19.0 Å². The number of rotatable bonds is 12. The Balaban J connectivity index is 2.38. The van der Waals surface area contributed by atoms with Gasteiger partial charge in [-0.05, 0) is 63.8 Å². The molecule has 1 aromatic rings. The smallest absolute Gasteiger partial charge is 0.125 e. The summed E-state index contributed by atoms with van der Waals surface area (Å²) < 4.78 is 17.3. The van der Waals surface area contributed by atoms with Crippen molar-refractivity contribution in [1.82, 2.24) is 0 Å². The molecular formula is C20H31NO4. The minimum atomic E-state index is 0.163. The molecule has 5 nitrogen and oxygen atoms in total. The van der Waals surface area contributed by atoms with Gasteiger partial charge in [-0.15, -0.1) is 0 Å². The minimum absolute atomic E-state index is 0.163. The summed E-state index contributed by atoms with van der Waals surface area (Å²) in [6, 6.07) is 4.04. The molecule has 0 radical (unpaired) electrons. The van der Waals surface area contributed by atoms with Crippen LogP contribution in [0.25, 0.3) is 0 Å². The van der Waals surface area contributed by atoms with Gasteiger partial charge in [-0.2, -0.15) is 0 Å². The number of aryl methyl sites for hydroxylation is 2. The second-order valence-corrected chi connectivity index (χ2v) is 5.87. The van der Waals surface area contributed by atoms with Gasteiger partial charge in [0.1, 0.15) is 25.2 Å². The van der Waals surface area contributed by atoms with Crippen molar-refractivity contribution >= 4 is 6.21 Å². The van der Waals surface area contributed by atoms with Crippen molar-refractivity contribution in [1.29, 1.82) is 0 Å². The van der Waals surface area contributed by atoms with Crippen molar-refractivity contribution in [3.05, 3.63) is 35.4 Å². The van der Waals surface area contributed by atoms with Crippen molar-refractivity contribution in [2.75, 3.05) is 26.9 Å². The first kappa shape index (κ1) is 21.0. The molecular weight excluding hydrogens is 318 g/mol. The van der Waals surface area contributed by atoms with E-state index >= 15 is 0 Å². The molecule has 0 aliphatic carbocycles. The molecule has 0 amide bonds. The van der Waals surface area contributed by atoms with E-state index in [-0.39, 0.29) is 6.10 Å². The van der Waals surface area contributed by atoms with E-state index in [1.54, 1.807) is 6.21 Å². The Morgan fingerprint density at radius 1 is 1.12 bits per heavy atom. The zero-order valence-corrected chi connectivity index (χ0v) is 16.1. The summed E-state index contributed by atoms with van der Waals surface area (Å²) in [6.45, 7) is 9.84. The average molecular weight is 349 g/mol. The average Bonchev–Trinajstić information content (AvgIpc) is 2.57. The maximum Gasteiger partial charge on any atom is 0.125 e. The Morgan fingerprint density at radius 2 is 1.84 bits per heavy atom. The van der Waals surface area contributed by atoms with Gasteiger partial charge in [-0.3, -0.25) is 0 Å². The number of nitrogens with zero attached hydrogens (tertiary/aromatic N) is 1. The summed E-state index contributed by atoms with van der Waals surface area (Å²) >= 11 is 0. The van der Waals surface area contributed by atoms with Crippen molar-refractivity contribution in [3.8, 4) is 11.5 Å². The van der Waals surface area contributed by atoms with E-state index in [9.17, 15) is 0 Å². The van der Waals surface area contributed by atoms with Crippen LogP contribution in [0, 0.1) is 13.8 Å². The standard InChI is InChI=1S/C20H31NO4/c1-6-7-11-24-19-14-16(2)20(17(3)15-19)25-12-8-9-18(4)23-13-10-21-22-5/h6-7,10,14-15,18H,8-9,11-13H2,1-5H3/b7-6+,21-10+. The fraction of sp³-hybridized carbons (Fsp3) is 0.550. The zero-order chi connectivity index (χ0) is 18.5. The Hall–Kier alpha value is -2.01. The van der Waals surface area contributed by atoms with E-state index in [1.165, 1.54) is 7.11 Å². The van der Waals surface area contributed by atoms with Gasteiger partial charge in [-0.25, -0.2) is 0 Å². The highest BCUT2D eigenvalue weighted by molar-refractivity contribution is 5.57. The Morgan fingerprint density at radius 3 is 2.48 bits per heavy atom. The largest absolute Gasteiger partial charge is 0.493 e. The molecule has 1 aromatic carbocycles. The zero-order valence-electron chi connectivity index (χ0n) is 16.1. The number of allylic oxidation sites excluding steroid dienone is 1. The lowest BCUT2D eigenvalue weighted by Gasteiger charge is -2.15. The molecule has 0 N–H and O–H groups in total. The molecule has 0 aliphatic heterocycles. The number of hydrogen-bond donors (Lipinski definition) is 0. The van der Waals surface area contributed by atoms with E-state index in [2.05, 4.69) is 9.99 Å².